The van der Waals surface area contributed by atoms with Gasteiger partial charge in [0.05, 0.1) is 0 Å². The van der Waals surface area contributed by atoms with E-state index < -0.39 is 0 Å². The number of para-hydroxylation sites is 2. The summed E-state index contributed by atoms with van der Waals surface area (Å²) < 4.78 is 0. The Morgan fingerprint density at radius 2 is 0.826 bits per heavy atom. The normalized spacial score (nSPS) is 11.4. The van der Waals surface area contributed by atoms with Gasteiger partial charge in [0.25, 0.3) is 0 Å². The first-order valence-electron chi connectivity index (χ1n) is 15.4. The molecule has 2 unspecified atom stereocenters. The molecule has 0 radical (unpaired) electrons. The van der Waals surface area contributed by atoms with Crippen molar-refractivity contribution < 1.29 is 26.2 Å². The first-order chi connectivity index (χ1) is 21.7. The minimum Gasteiger partial charge on any atom is -0.691 e. The third kappa shape index (κ3) is 17.0. The van der Waals surface area contributed by atoms with Crippen LogP contribution >= 0.6 is 23.5 Å². The first kappa shape index (κ1) is 41.7. The number of unbranched alkanes of at least 4 members (excludes halogenated alkanes) is 2. The molecule has 0 bridgehead atoms. The van der Waals surface area contributed by atoms with Crippen LogP contribution in [0.5, 0.6) is 0 Å². The third-order valence-electron chi connectivity index (χ3n) is 6.85. The average molecular weight is 730 g/mol. The van der Waals surface area contributed by atoms with E-state index in [0.29, 0.717) is 0 Å². The Labute approximate surface area is 308 Å². The van der Waals surface area contributed by atoms with Crippen molar-refractivity contribution in [2.75, 3.05) is 25.6 Å². The van der Waals surface area contributed by atoms with Gasteiger partial charge in [0.15, 0.2) is 0 Å². The summed E-state index contributed by atoms with van der Waals surface area (Å²) in [7, 11) is 0. The van der Waals surface area contributed by atoms with Gasteiger partial charge in [-0.25, -0.2) is 23.5 Å². The number of thioether (sulfide) groups is 2. The fourth-order valence-corrected chi connectivity index (χ4v) is 5.27. The summed E-state index contributed by atoms with van der Waals surface area (Å²) in [5.41, 5.74) is 9.11. The Bertz CT molecular complexity index is 1200. The predicted molar refractivity (Wildman–Crippen MR) is 205 cm³/mol. The molecule has 2 atom stereocenters. The minimum absolute atomic E-state index is 0. The number of nitrogens with zero attached hydrogens (tertiary/aromatic N) is 4. The van der Waals surface area contributed by atoms with Crippen LogP contribution in [0.2, 0.25) is 0 Å². The zero-order chi connectivity index (χ0) is 32.9. The van der Waals surface area contributed by atoms with Crippen LogP contribution in [0.3, 0.4) is 0 Å². The van der Waals surface area contributed by atoms with Crippen LogP contribution in [-0.2, 0) is 26.2 Å². The molecule has 0 aliphatic carbocycles. The van der Waals surface area contributed by atoms with Gasteiger partial charge < -0.3 is 21.3 Å². The molecule has 4 aromatic rings. The molecule has 0 spiro atoms. The van der Waals surface area contributed by atoms with Gasteiger partial charge in [-0.15, -0.1) is 48.7 Å². The molecule has 0 aromatic heterocycles. The Morgan fingerprint density at radius 1 is 0.500 bits per heavy atom. The summed E-state index contributed by atoms with van der Waals surface area (Å²) in [4.78, 5) is 0. The molecule has 0 saturated carbocycles. The molecule has 0 N–H and O–H groups in total. The van der Waals surface area contributed by atoms with E-state index in [0.717, 1.165) is 54.9 Å². The predicted octanol–water partition coefficient (Wildman–Crippen LogP) is 12.6. The standard InChI is InChI=1S/C25H36N4S2.2C7H7.Zr/c1-18-12-10-13-19(2)22(18)28-24(30-5)26-16-8-7-9-17-27-25(31-6)29-23-20(3)14-11-15-21(23)4;2*1-7-5-3-2-4-6-7;/h10-15,24-25H,7-9,16-17H2,1-6H3;2*2-6H,1H2;/q-4;2*-1;. The van der Waals surface area contributed by atoms with E-state index in [2.05, 4.69) is 90.5 Å². The zero-order valence-electron chi connectivity index (χ0n) is 28.4. The van der Waals surface area contributed by atoms with Crippen LogP contribution < -0.4 is 0 Å². The van der Waals surface area contributed by atoms with E-state index in [1.807, 2.05) is 60.7 Å². The van der Waals surface area contributed by atoms with Crippen molar-refractivity contribution in [1.29, 1.82) is 0 Å². The maximum Gasteiger partial charge on any atom is 0 e. The molecule has 4 aromatic carbocycles. The second-order valence-electron chi connectivity index (χ2n) is 10.7. The van der Waals surface area contributed by atoms with Crippen molar-refractivity contribution in [3.05, 3.63) is 166 Å². The monoisotopic (exact) mass is 728 g/mol. The van der Waals surface area contributed by atoms with Gasteiger partial charge in [0.1, 0.15) is 0 Å². The van der Waals surface area contributed by atoms with E-state index >= 15 is 0 Å². The first-order valence-corrected chi connectivity index (χ1v) is 18.0. The molecule has 4 rings (SSSR count). The summed E-state index contributed by atoms with van der Waals surface area (Å²) in [5.74, 6) is 0. The molecule has 0 saturated heterocycles. The van der Waals surface area contributed by atoms with Crippen molar-refractivity contribution in [2.24, 2.45) is 0 Å². The van der Waals surface area contributed by atoms with Crippen molar-refractivity contribution in [2.45, 2.75) is 58.0 Å². The van der Waals surface area contributed by atoms with Crippen LogP contribution in [0.4, 0.5) is 11.4 Å². The summed E-state index contributed by atoms with van der Waals surface area (Å²) in [6.07, 6.45) is 7.43. The molecule has 248 valence electrons. The Morgan fingerprint density at radius 3 is 1.09 bits per heavy atom. The number of hydrogen-bond acceptors (Lipinski definition) is 2. The topological polar surface area (TPSA) is 56.4 Å². The summed E-state index contributed by atoms with van der Waals surface area (Å²) in [6.45, 7) is 17.6. The minimum atomic E-state index is -0.0264. The van der Waals surface area contributed by atoms with Crippen LogP contribution in [0.15, 0.2) is 97.1 Å². The molecule has 0 aliphatic rings. The molecular weight excluding hydrogens is 680 g/mol. The molecule has 0 fully saturated rings. The largest absolute Gasteiger partial charge is 0.691 e. The van der Waals surface area contributed by atoms with Crippen molar-refractivity contribution in [3.8, 4) is 0 Å². The molecule has 0 aliphatic heterocycles. The molecule has 0 heterocycles. The second-order valence-corrected chi connectivity index (χ2v) is 12.5. The fourth-order valence-electron chi connectivity index (χ4n) is 4.34. The van der Waals surface area contributed by atoms with Gasteiger partial charge in [-0.1, -0.05) is 90.0 Å². The van der Waals surface area contributed by atoms with Crippen molar-refractivity contribution in [3.63, 3.8) is 0 Å². The fraction of sp³-hybridized carbons (Fsp3) is 0.333. The number of hydrogen-bond donors (Lipinski definition) is 0. The van der Waals surface area contributed by atoms with Gasteiger partial charge in [0, 0.05) is 26.2 Å². The van der Waals surface area contributed by atoms with Gasteiger partial charge in [0.2, 0.25) is 0 Å². The maximum atomic E-state index is 4.86. The third-order valence-corrected chi connectivity index (χ3v) is 8.20. The Kier molecular flexibility index (Phi) is 22.5. The Balaban J connectivity index is 0.000000573. The van der Waals surface area contributed by atoms with E-state index in [1.165, 1.54) is 22.3 Å². The maximum absolute atomic E-state index is 4.86. The smallest absolute Gasteiger partial charge is 0 e. The molecule has 4 nitrogen and oxygen atoms in total. The summed E-state index contributed by atoms with van der Waals surface area (Å²) in [5, 5.41) is 19.3. The molecule has 46 heavy (non-hydrogen) atoms. The van der Waals surface area contributed by atoms with Crippen molar-refractivity contribution >= 4 is 34.9 Å². The quantitative estimate of drug-likeness (QED) is 0.0958. The van der Waals surface area contributed by atoms with E-state index in [9.17, 15) is 0 Å². The SMILES string of the molecule is CSC([N-]CCCCC[N-]C([N-]c1c(C)cccc1C)SC)[N-]c1c(C)cccc1C.[CH2-]c1ccccc1.[CH2-]c1ccccc1.[Zr]. The van der Waals surface area contributed by atoms with E-state index in [4.69, 9.17) is 21.3 Å². The summed E-state index contributed by atoms with van der Waals surface area (Å²) in [6, 6.07) is 32.4. The molecule has 7 heteroatoms. The molecule has 0 amide bonds. The van der Waals surface area contributed by atoms with E-state index in [1.54, 1.807) is 23.5 Å². The number of rotatable bonds is 14. The van der Waals surface area contributed by atoms with Gasteiger partial charge >= 0.3 is 0 Å². The van der Waals surface area contributed by atoms with Crippen LogP contribution in [0.1, 0.15) is 52.6 Å². The zero-order valence-corrected chi connectivity index (χ0v) is 32.5. The number of benzene rings is 4. The van der Waals surface area contributed by atoms with Crippen LogP contribution in [0.25, 0.3) is 21.3 Å². The Hall–Kier alpha value is -2.28. The number of aryl methyl sites for hydroxylation is 4. The average Bonchev–Trinajstić information content (AvgIpc) is 3.03. The van der Waals surface area contributed by atoms with Crippen molar-refractivity contribution in [1.82, 2.24) is 0 Å². The van der Waals surface area contributed by atoms with Gasteiger partial charge in [-0.05, 0) is 40.2 Å². The van der Waals surface area contributed by atoms with Gasteiger partial charge in [-0.2, -0.15) is 60.2 Å². The second kappa shape index (κ2) is 24.8. The van der Waals surface area contributed by atoms with Crippen LogP contribution in [0, 0.1) is 41.5 Å². The molecular formula is C39H50N4S2Zr-6. The van der Waals surface area contributed by atoms with Crippen LogP contribution in [-0.4, -0.2) is 36.6 Å². The van der Waals surface area contributed by atoms with E-state index in [-0.39, 0.29) is 37.2 Å². The van der Waals surface area contributed by atoms with Gasteiger partial charge in [-0.3, -0.25) is 0 Å². The summed E-state index contributed by atoms with van der Waals surface area (Å²) >= 11 is 3.39.